The molecule has 1 atom stereocenters. The zero-order valence-electron chi connectivity index (χ0n) is 18.5. The molecule has 2 aromatic heterocycles. The Bertz CT molecular complexity index is 1310. The van der Waals surface area contributed by atoms with E-state index in [4.69, 9.17) is 4.98 Å². The molecule has 0 spiro atoms. The van der Waals surface area contributed by atoms with Gasteiger partial charge in [-0.05, 0) is 71.1 Å². The first-order valence-electron chi connectivity index (χ1n) is 11.3. The van der Waals surface area contributed by atoms with Crippen molar-refractivity contribution in [1.29, 1.82) is 0 Å². The average molecular weight is 524 g/mol. The summed E-state index contributed by atoms with van der Waals surface area (Å²) in [5, 5.41) is 37.9. The second-order valence-corrected chi connectivity index (χ2v) is 9.61. The fourth-order valence-corrected chi connectivity index (χ4v) is 4.95. The second kappa shape index (κ2) is 9.52. The normalized spacial score (nSPS) is 16.7. The van der Waals surface area contributed by atoms with Crippen LogP contribution in [0.2, 0.25) is 0 Å². The molecule has 2 aromatic carbocycles. The number of likely N-dealkylation sites (tertiary alicyclic amines) is 1. The number of halogens is 1. The molecule has 1 aliphatic heterocycles. The average Bonchev–Trinajstić information content (AvgIpc) is 3.18. The fraction of sp³-hybridized carbons (Fsp3) is 0.280. The van der Waals surface area contributed by atoms with Crippen molar-refractivity contribution in [3.05, 3.63) is 64.8 Å². The van der Waals surface area contributed by atoms with Gasteiger partial charge in [0.25, 0.3) is 0 Å². The number of para-hydroxylation sites is 1. The van der Waals surface area contributed by atoms with Crippen molar-refractivity contribution in [1.82, 2.24) is 19.5 Å². The first-order chi connectivity index (χ1) is 16.5. The molecule has 0 amide bonds. The molecular formula is C25H26BrN5O3. The Morgan fingerprint density at radius 2 is 1.85 bits per heavy atom. The monoisotopic (exact) mass is 523 g/mol. The number of nitrogens with one attached hydrogen (secondary N) is 1. The molecule has 176 valence electrons. The van der Waals surface area contributed by atoms with Crippen LogP contribution in [0.3, 0.4) is 0 Å². The Morgan fingerprint density at radius 3 is 2.65 bits per heavy atom. The molecule has 3 heterocycles. The summed E-state index contributed by atoms with van der Waals surface area (Å²) in [6, 6.07) is 13.8. The predicted molar refractivity (Wildman–Crippen MR) is 134 cm³/mol. The van der Waals surface area contributed by atoms with Crippen LogP contribution in [-0.4, -0.2) is 54.5 Å². The highest BCUT2D eigenvalue weighted by molar-refractivity contribution is 9.10. The number of phenols is 3. The molecule has 34 heavy (non-hydrogen) atoms. The van der Waals surface area contributed by atoms with Crippen LogP contribution in [0.4, 0.5) is 5.82 Å². The highest BCUT2D eigenvalue weighted by Crippen LogP contribution is 2.31. The fourth-order valence-electron chi connectivity index (χ4n) is 4.61. The lowest BCUT2D eigenvalue weighted by Crippen LogP contribution is -2.37. The van der Waals surface area contributed by atoms with Crippen LogP contribution in [0.25, 0.3) is 16.9 Å². The van der Waals surface area contributed by atoms with Crippen molar-refractivity contribution in [2.45, 2.75) is 19.4 Å². The molecule has 0 bridgehead atoms. The van der Waals surface area contributed by atoms with E-state index in [1.807, 2.05) is 18.2 Å². The van der Waals surface area contributed by atoms with Crippen molar-refractivity contribution in [2.24, 2.45) is 5.92 Å². The number of benzene rings is 2. The van der Waals surface area contributed by atoms with E-state index < -0.39 is 0 Å². The van der Waals surface area contributed by atoms with Crippen LogP contribution in [0, 0.1) is 5.92 Å². The van der Waals surface area contributed by atoms with Crippen molar-refractivity contribution in [3.8, 4) is 28.5 Å². The zero-order chi connectivity index (χ0) is 23.7. The zero-order valence-corrected chi connectivity index (χ0v) is 20.1. The smallest absolute Gasteiger partial charge is 0.172 e. The van der Waals surface area contributed by atoms with E-state index in [0.29, 0.717) is 29.4 Å². The summed E-state index contributed by atoms with van der Waals surface area (Å²) in [6.07, 6.45) is 3.91. The number of anilines is 1. The summed E-state index contributed by atoms with van der Waals surface area (Å²) in [4.78, 5) is 7.05. The Kier molecular flexibility index (Phi) is 6.30. The lowest BCUT2D eigenvalue weighted by Gasteiger charge is -2.33. The third-order valence-corrected chi connectivity index (χ3v) is 6.71. The molecule has 1 saturated heterocycles. The van der Waals surface area contributed by atoms with Crippen LogP contribution in [0.15, 0.2) is 59.2 Å². The van der Waals surface area contributed by atoms with E-state index in [0.717, 1.165) is 48.3 Å². The van der Waals surface area contributed by atoms with Gasteiger partial charge in [-0.3, -0.25) is 4.90 Å². The van der Waals surface area contributed by atoms with E-state index in [9.17, 15) is 15.3 Å². The topological polar surface area (TPSA) is 106 Å². The van der Waals surface area contributed by atoms with Crippen molar-refractivity contribution in [3.63, 3.8) is 0 Å². The van der Waals surface area contributed by atoms with Gasteiger partial charge in [0.2, 0.25) is 0 Å². The minimum atomic E-state index is 0.0811. The summed E-state index contributed by atoms with van der Waals surface area (Å²) in [5.41, 5.74) is 2.91. The lowest BCUT2D eigenvalue weighted by molar-refractivity contribution is 0.173. The molecule has 9 heteroatoms. The highest BCUT2D eigenvalue weighted by atomic mass is 79.9. The SMILES string of the molecule is Oc1cc(O)cc(CN2CCCC(CNc3cc(-c4ccccc4O)nc4c(Br)cnn34)C2)c1. The standard InChI is InChI=1S/C25H26BrN5O3/c26-21-13-28-31-24(11-22(29-25(21)31)20-5-1-2-6-23(20)34)27-12-16-4-3-7-30(14-16)15-17-8-18(32)10-19(33)9-17/h1-2,5-6,8-11,13,16,27,32-34H,3-4,7,12,14-15H2. The molecule has 5 rings (SSSR count). The van der Waals surface area contributed by atoms with Crippen LogP contribution in [0.5, 0.6) is 17.2 Å². The third-order valence-electron chi connectivity index (χ3n) is 6.15. The number of nitrogens with zero attached hydrogens (tertiary/aromatic N) is 4. The summed E-state index contributed by atoms with van der Waals surface area (Å²) in [6.45, 7) is 3.34. The van der Waals surface area contributed by atoms with Crippen molar-refractivity contribution < 1.29 is 15.3 Å². The van der Waals surface area contributed by atoms with Gasteiger partial charge in [-0.25, -0.2) is 4.98 Å². The van der Waals surface area contributed by atoms with Gasteiger partial charge in [0, 0.05) is 37.3 Å². The lowest BCUT2D eigenvalue weighted by atomic mass is 9.97. The minimum absolute atomic E-state index is 0.0811. The maximum atomic E-state index is 10.3. The number of piperidine rings is 1. The van der Waals surface area contributed by atoms with E-state index in [1.54, 1.807) is 35.0 Å². The summed E-state index contributed by atoms with van der Waals surface area (Å²) in [5.74, 6) is 1.58. The maximum Gasteiger partial charge on any atom is 0.172 e. The van der Waals surface area contributed by atoms with Gasteiger partial charge in [0.15, 0.2) is 5.65 Å². The molecule has 0 saturated carbocycles. The Hall–Kier alpha value is -3.30. The van der Waals surface area contributed by atoms with Crippen LogP contribution < -0.4 is 5.32 Å². The van der Waals surface area contributed by atoms with E-state index in [-0.39, 0.29) is 17.2 Å². The number of rotatable bonds is 6. The van der Waals surface area contributed by atoms with Crippen LogP contribution in [0.1, 0.15) is 18.4 Å². The summed E-state index contributed by atoms with van der Waals surface area (Å²) >= 11 is 3.53. The third kappa shape index (κ3) is 4.80. The highest BCUT2D eigenvalue weighted by Gasteiger charge is 2.21. The van der Waals surface area contributed by atoms with Gasteiger partial charge in [-0.2, -0.15) is 9.61 Å². The van der Waals surface area contributed by atoms with E-state index in [2.05, 4.69) is 31.2 Å². The molecule has 0 aliphatic carbocycles. The molecule has 4 aromatic rings. The number of aromatic hydroxyl groups is 3. The predicted octanol–water partition coefficient (Wildman–Crippen LogP) is 4.60. The van der Waals surface area contributed by atoms with Gasteiger partial charge in [-0.15, -0.1) is 0 Å². The maximum absolute atomic E-state index is 10.3. The first kappa shape index (κ1) is 22.5. The first-order valence-corrected chi connectivity index (χ1v) is 12.1. The Balaban J connectivity index is 1.33. The molecular weight excluding hydrogens is 498 g/mol. The number of aromatic nitrogens is 3. The minimum Gasteiger partial charge on any atom is -0.508 e. The molecule has 0 radical (unpaired) electrons. The van der Waals surface area contributed by atoms with Gasteiger partial charge >= 0.3 is 0 Å². The van der Waals surface area contributed by atoms with Crippen molar-refractivity contribution in [2.75, 3.05) is 25.0 Å². The molecule has 1 fully saturated rings. The number of fused-ring (bicyclic) bond motifs is 1. The largest absolute Gasteiger partial charge is 0.508 e. The van der Waals surface area contributed by atoms with Gasteiger partial charge in [0.05, 0.1) is 16.4 Å². The number of hydrogen-bond acceptors (Lipinski definition) is 7. The quantitative estimate of drug-likeness (QED) is 0.292. The summed E-state index contributed by atoms with van der Waals surface area (Å²) in [7, 11) is 0. The Labute approximate surface area is 205 Å². The van der Waals surface area contributed by atoms with Crippen molar-refractivity contribution >= 4 is 27.4 Å². The summed E-state index contributed by atoms with van der Waals surface area (Å²) < 4.78 is 2.55. The van der Waals surface area contributed by atoms with E-state index >= 15 is 0 Å². The Morgan fingerprint density at radius 1 is 1.06 bits per heavy atom. The second-order valence-electron chi connectivity index (χ2n) is 8.75. The molecule has 1 unspecified atom stereocenters. The number of hydrogen-bond donors (Lipinski definition) is 4. The van der Waals surface area contributed by atoms with E-state index in [1.165, 1.54) is 6.07 Å². The van der Waals surface area contributed by atoms with Gasteiger partial charge < -0.3 is 20.6 Å². The van der Waals surface area contributed by atoms with Gasteiger partial charge in [-0.1, -0.05) is 12.1 Å². The molecule has 8 nitrogen and oxygen atoms in total. The molecule has 1 aliphatic rings. The molecule has 4 N–H and O–H groups in total. The van der Waals surface area contributed by atoms with Crippen LogP contribution in [-0.2, 0) is 6.54 Å². The van der Waals surface area contributed by atoms with Crippen LogP contribution >= 0.6 is 15.9 Å². The van der Waals surface area contributed by atoms with Gasteiger partial charge in [0.1, 0.15) is 23.1 Å². The number of phenolic OH excluding ortho intramolecular Hbond substituents is 3.